The molecule has 0 aliphatic heterocycles. The number of nitrogen functional groups attached to an aromatic ring is 1. The zero-order chi connectivity index (χ0) is 14.7. The van der Waals surface area contributed by atoms with Crippen molar-refractivity contribution in [1.82, 2.24) is 19.5 Å². The first-order chi connectivity index (χ1) is 10.3. The summed E-state index contributed by atoms with van der Waals surface area (Å²) in [4.78, 5) is 12.6. The topological polar surface area (TPSA) is 78.8 Å². The zero-order valence-electron chi connectivity index (χ0n) is 11.6. The molecule has 0 aliphatic rings. The van der Waals surface area contributed by atoms with Crippen LogP contribution in [0.3, 0.4) is 0 Å². The third-order valence-corrected chi connectivity index (χ3v) is 3.06. The molecule has 0 saturated heterocycles. The molecule has 106 valence electrons. The lowest BCUT2D eigenvalue weighted by molar-refractivity contribution is 0.327. The summed E-state index contributed by atoms with van der Waals surface area (Å²) < 4.78 is 7.26. The van der Waals surface area contributed by atoms with E-state index in [1.165, 1.54) is 0 Å². The van der Waals surface area contributed by atoms with Gasteiger partial charge in [-0.25, -0.2) is 9.97 Å². The van der Waals surface area contributed by atoms with E-state index in [9.17, 15) is 0 Å². The monoisotopic (exact) mass is 281 g/mol. The van der Waals surface area contributed by atoms with Crippen LogP contribution in [0.25, 0.3) is 16.9 Å². The van der Waals surface area contributed by atoms with Crippen molar-refractivity contribution >= 4 is 5.69 Å². The standard InChI is InChI=1S/C15H15N5O/c1-2-21-15-4-3-11(7-19-15)20-10-18-9-14(20)12-8-17-6-5-13(12)16/h3-10H,2H2,1H3,(H2,16,17). The maximum atomic E-state index is 6.01. The SMILES string of the molecule is CCOc1ccc(-n2cncc2-c2cnccc2N)cn1. The number of ether oxygens (including phenoxy) is 1. The summed E-state index contributed by atoms with van der Waals surface area (Å²) in [6.45, 7) is 2.52. The van der Waals surface area contributed by atoms with Crippen LogP contribution in [0.5, 0.6) is 5.88 Å². The van der Waals surface area contributed by atoms with Crippen LogP contribution < -0.4 is 10.5 Å². The summed E-state index contributed by atoms with van der Waals surface area (Å²) in [5.41, 5.74) is 9.25. The highest BCUT2D eigenvalue weighted by atomic mass is 16.5. The van der Waals surface area contributed by atoms with Crippen molar-refractivity contribution in [2.75, 3.05) is 12.3 Å². The van der Waals surface area contributed by atoms with E-state index in [0.29, 0.717) is 18.2 Å². The van der Waals surface area contributed by atoms with Crippen molar-refractivity contribution in [2.24, 2.45) is 0 Å². The second kappa shape index (κ2) is 5.62. The molecule has 0 saturated carbocycles. The van der Waals surface area contributed by atoms with E-state index in [0.717, 1.165) is 16.9 Å². The van der Waals surface area contributed by atoms with E-state index >= 15 is 0 Å². The van der Waals surface area contributed by atoms with Crippen molar-refractivity contribution < 1.29 is 4.74 Å². The molecule has 0 atom stereocenters. The molecule has 0 spiro atoms. The lowest BCUT2D eigenvalue weighted by Crippen LogP contribution is -2.00. The molecular weight excluding hydrogens is 266 g/mol. The molecule has 3 aromatic rings. The van der Waals surface area contributed by atoms with E-state index in [4.69, 9.17) is 10.5 Å². The van der Waals surface area contributed by atoms with E-state index in [-0.39, 0.29) is 0 Å². The number of pyridine rings is 2. The quantitative estimate of drug-likeness (QED) is 0.794. The first-order valence-corrected chi connectivity index (χ1v) is 6.61. The first kappa shape index (κ1) is 13.1. The Labute approximate surface area is 122 Å². The molecule has 0 radical (unpaired) electrons. The van der Waals surface area contributed by atoms with Gasteiger partial charge in [0.15, 0.2) is 0 Å². The molecule has 6 nitrogen and oxygen atoms in total. The molecule has 21 heavy (non-hydrogen) atoms. The van der Waals surface area contributed by atoms with E-state index in [1.54, 1.807) is 37.2 Å². The minimum atomic E-state index is 0.592. The molecule has 0 bridgehead atoms. The lowest BCUT2D eigenvalue weighted by Gasteiger charge is -2.10. The van der Waals surface area contributed by atoms with E-state index < -0.39 is 0 Å². The van der Waals surface area contributed by atoms with Gasteiger partial charge in [0, 0.05) is 29.7 Å². The molecule has 3 aromatic heterocycles. The second-order valence-electron chi connectivity index (χ2n) is 4.40. The van der Waals surface area contributed by atoms with Crippen LogP contribution in [0.4, 0.5) is 5.69 Å². The molecule has 2 N–H and O–H groups in total. The van der Waals surface area contributed by atoms with Crippen LogP contribution in [-0.4, -0.2) is 26.1 Å². The summed E-state index contributed by atoms with van der Waals surface area (Å²) in [6.07, 6.45) is 8.61. The average Bonchev–Trinajstić information content (AvgIpc) is 2.98. The Kier molecular flexibility index (Phi) is 3.51. The van der Waals surface area contributed by atoms with Gasteiger partial charge in [-0.3, -0.25) is 9.55 Å². The summed E-state index contributed by atoms with van der Waals surface area (Å²) in [6, 6.07) is 5.52. The summed E-state index contributed by atoms with van der Waals surface area (Å²) >= 11 is 0. The Morgan fingerprint density at radius 3 is 2.76 bits per heavy atom. The first-order valence-electron chi connectivity index (χ1n) is 6.61. The van der Waals surface area contributed by atoms with Crippen LogP contribution >= 0.6 is 0 Å². The normalized spacial score (nSPS) is 10.5. The Hall–Kier alpha value is -2.89. The van der Waals surface area contributed by atoms with Gasteiger partial charge in [0.2, 0.25) is 5.88 Å². The van der Waals surface area contributed by atoms with Crippen molar-refractivity contribution in [2.45, 2.75) is 6.92 Å². The van der Waals surface area contributed by atoms with Gasteiger partial charge in [-0.05, 0) is 19.1 Å². The van der Waals surface area contributed by atoms with E-state index in [1.807, 2.05) is 23.6 Å². The molecule has 0 aromatic carbocycles. The molecule has 3 rings (SSSR count). The molecule has 0 amide bonds. The smallest absolute Gasteiger partial charge is 0.213 e. The Balaban J connectivity index is 2.01. The predicted molar refractivity (Wildman–Crippen MR) is 80.2 cm³/mol. The minimum Gasteiger partial charge on any atom is -0.478 e. The maximum absolute atomic E-state index is 6.01. The zero-order valence-corrected chi connectivity index (χ0v) is 11.6. The Bertz CT molecular complexity index is 736. The molecule has 3 heterocycles. The fourth-order valence-corrected chi connectivity index (χ4v) is 2.07. The molecule has 6 heteroatoms. The lowest BCUT2D eigenvalue weighted by atomic mass is 10.2. The third kappa shape index (κ3) is 2.55. The highest BCUT2D eigenvalue weighted by Crippen LogP contribution is 2.26. The fourth-order valence-electron chi connectivity index (χ4n) is 2.07. The van der Waals surface area contributed by atoms with Crippen LogP contribution in [0, 0.1) is 0 Å². The number of hydrogen-bond donors (Lipinski definition) is 1. The summed E-state index contributed by atoms with van der Waals surface area (Å²) in [7, 11) is 0. The highest BCUT2D eigenvalue weighted by Gasteiger charge is 2.10. The van der Waals surface area contributed by atoms with Gasteiger partial charge in [-0.15, -0.1) is 0 Å². The van der Waals surface area contributed by atoms with Gasteiger partial charge in [0.1, 0.15) is 0 Å². The summed E-state index contributed by atoms with van der Waals surface area (Å²) in [5, 5.41) is 0. The van der Waals surface area contributed by atoms with Gasteiger partial charge < -0.3 is 10.5 Å². The number of rotatable bonds is 4. The number of nitrogens with two attached hydrogens (primary N) is 1. The van der Waals surface area contributed by atoms with Crippen molar-refractivity contribution in [3.8, 4) is 22.8 Å². The van der Waals surface area contributed by atoms with Crippen molar-refractivity contribution in [3.63, 3.8) is 0 Å². The molecule has 0 unspecified atom stereocenters. The second-order valence-corrected chi connectivity index (χ2v) is 4.40. The summed E-state index contributed by atoms with van der Waals surface area (Å²) in [5.74, 6) is 0.601. The van der Waals surface area contributed by atoms with Crippen LogP contribution in [0.2, 0.25) is 0 Å². The number of anilines is 1. The highest BCUT2D eigenvalue weighted by molar-refractivity contribution is 5.73. The van der Waals surface area contributed by atoms with Crippen molar-refractivity contribution in [3.05, 3.63) is 49.3 Å². The Morgan fingerprint density at radius 1 is 1.14 bits per heavy atom. The fraction of sp³-hybridized carbons (Fsp3) is 0.133. The van der Waals surface area contributed by atoms with Crippen LogP contribution in [0.1, 0.15) is 6.92 Å². The van der Waals surface area contributed by atoms with Crippen LogP contribution in [-0.2, 0) is 0 Å². The van der Waals surface area contributed by atoms with E-state index in [2.05, 4.69) is 15.0 Å². The van der Waals surface area contributed by atoms with Gasteiger partial charge >= 0.3 is 0 Å². The third-order valence-electron chi connectivity index (χ3n) is 3.06. The molecular formula is C15H15N5O. The van der Waals surface area contributed by atoms with Gasteiger partial charge in [0.05, 0.1) is 36.7 Å². The molecule has 0 aliphatic carbocycles. The number of aromatic nitrogens is 4. The minimum absolute atomic E-state index is 0.592. The largest absolute Gasteiger partial charge is 0.478 e. The maximum Gasteiger partial charge on any atom is 0.213 e. The van der Waals surface area contributed by atoms with Crippen molar-refractivity contribution in [1.29, 1.82) is 0 Å². The number of nitrogens with zero attached hydrogens (tertiary/aromatic N) is 4. The number of imidazole rings is 1. The van der Waals surface area contributed by atoms with Gasteiger partial charge in [-0.2, -0.15) is 0 Å². The molecule has 0 fully saturated rings. The van der Waals surface area contributed by atoms with Gasteiger partial charge in [-0.1, -0.05) is 0 Å². The number of hydrogen-bond acceptors (Lipinski definition) is 5. The van der Waals surface area contributed by atoms with Gasteiger partial charge in [0.25, 0.3) is 0 Å². The average molecular weight is 281 g/mol. The Morgan fingerprint density at radius 2 is 2.05 bits per heavy atom. The predicted octanol–water partition coefficient (Wildman–Crippen LogP) is 2.31. The van der Waals surface area contributed by atoms with Crippen LogP contribution in [0.15, 0.2) is 49.3 Å².